The van der Waals surface area contributed by atoms with E-state index in [1.54, 1.807) is 0 Å². The van der Waals surface area contributed by atoms with Crippen LogP contribution in [-0.2, 0) is 6.61 Å². The number of nitrogens with zero attached hydrogens (tertiary/aromatic N) is 1. The molecule has 0 aliphatic rings. The molecule has 4 nitrogen and oxygen atoms in total. The molecular weight excluding hydrogens is 240 g/mol. The summed E-state index contributed by atoms with van der Waals surface area (Å²) in [4.78, 5) is 0. The highest BCUT2D eigenvalue weighted by molar-refractivity contribution is 5.29. The van der Waals surface area contributed by atoms with Crippen LogP contribution in [0.2, 0.25) is 0 Å². The van der Waals surface area contributed by atoms with Gasteiger partial charge in [-0.15, -0.1) is 0 Å². The minimum atomic E-state index is 0.359. The molecule has 0 bridgehead atoms. The summed E-state index contributed by atoms with van der Waals surface area (Å²) >= 11 is 0. The fourth-order valence-electron chi connectivity index (χ4n) is 1.92. The zero-order chi connectivity index (χ0) is 13.7. The van der Waals surface area contributed by atoms with E-state index < -0.39 is 0 Å². The van der Waals surface area contributed by atoms with Crippen LogP contribution < -0.4 is 10.1 Å². The van der Waals surface area contributed by atoms with Crippen LogP contribution in [0.3, 0.4) is 0 Å². The third-order valence-corrected chi connectivity index (χ3v) is 2.95. The Morgan fingerprint density at radius 2 is 2.05 bits per heavy atom. The third-order valence-electron chi connectivity index (χ3n) is 2.95. The quantitative estimate of drug-likeness (QED) is 0.866. The molecule has 4 heteroatoms. The maximum atomic E-state index is 5.66. The molecular formula is C15H20N2O2. The predicted octanol–water partition coefficient (Wildman–Crippen LogP) is 3.23. The van der Waals surface area contributed by atoms with Crippen LogP contribution in [0.1, 0.15) is 36.9 Å². The van der Waals surface area contributed by atoms with Gasteiger partial charge in [0.05, 0.1) is 0 Å². The van der Waals surface area contributed by atoms with Crippen LogP contribution in [-0.4, -0.2) is 11.7 Å². The van der Waals surface area contributed by atoms with Gasteiger partial charge in [0.25, 0.3) is 0 Å². The van der Waals surface area contributed by atoms with Gasteiger partial charge in [0.15, 0.2) is 0 Å². The van der Waals surface area contributed by atoms with E-state index in [9.17, 15) is 0 Å². The van der Waals surface area contributed by atoms with Crippen molar-refractivity contribution in [2.24, 2.45) is 0 Å². The molecule has 1 atom stereocenters. The van der Waals surface area contributed by atoms with Crippen LogP contribution in [0.15, 0.2) is 34.9 Å². The fourth-order valence-corrected chi connectivity index (χ4v) is 1.92. The van der Waals surface area contributed by atoms with E-state index in [0.29, 0.717) is 12.6 Å². The van der Waals surface area contributed by atoms with Crippen molar-refractivity contribution in [3.8, 4) is 5.75 Å². The average molecular weight is 260 g/mol. The van der Waals surface area contributed by atoms with Gasteiger partial charge in [-0.2, -0.15) is 0 Å². The van der Waals surface area contributed by atoms with Crippen LogP contribution >= 0.6 is 0 Å². The molecule has 0 aliphatic carbocycles. The van der Waals surface area contributed by atoms with Gasteiger partial charge < -0.3 is 14.6 Å². The molecule has 1 aromatic carbocycles. The second kappa shape index (κ2) is 6.38. The first kappa shape index (κ1) is 13.6. The highest BCUT2D eigenvalue weighted by atomic mass is 16.5. The van der Waals surface area contributed by atoms with Crippen molar-refractivity contribution < 1.29 is 9.26 Å². The Hall–Kier alpha value is -1.81. The molecule has 0 amide bonds. The molecule has 0 radical (unpaired) electrons. The van der Waals surface area contributed by atoms with E-state index in [-0.39, 0.29) is 0 Å². The second-order valence-electron chi connectivity index (χ2n) is 4.57. The van der Waals surface area contributed by atoms with Crippen molar-refractivity contribution >= 4 is 0 Å². The van der Waals surface area contributed by atoms with Crippen molar-refractivity contribution in [3.05, 3.63) is 47.3 Å². The van der Waals surface area contributed by atoms with Gasteiger partial charge in [-0.25, -0.2) is 0 Å². The summed E-state index contributed by atoms with van der Waals surface area (Å²) in [5.41, 5.74) is 2.06. The summed E-state index contributed by atoms with van der Waals surface area (Å²) in [5, 5.41) is 7.27. The normalized spacial score (nSPS) is 12.4. The van der Waals surface area contributed by atoms with Crippen molar-refractivity contribution in [2.75, 3.05) is 6.54 Å². The van der Waals surface area contributed by atoms with Gasteiger partial charge in [-0.05, 0) is 38.1 Å². The summed E-state index contributed by atoms with van der Waals surface area (Å²) in [6, 6.07) is 10.4. The summed E-state index contributed by atoms with van der Waals surface area (Å²) in [5.74, 6) is 1.64. The van der Waals surface area contributed by atoms with E-state index >= 15 is 0 Å². The van der Waals surface area contributed by atoms with Crippen LogP contribution in [0.4, 0.5) is 0 Å². The maximum Gasteiger partial charge on any atom is 0.134 e. The lowest BCUT2D eigenvalue weighted by Crippen LogP contribution is -2.17. The van der Waals surface area contributed by atoms with Gasteiger partial charge in [0.2, 0.25) is 0 Å². The van der Waals surface area contributed by atoms with Crippen molar-refractivity contribution in [3.63, 3.8) is 0 Å². The molecule has 2 rings (SSSR count). The highest BCUT2D eigenvalue weighted by Crippen LogP contribution is 2.18. The van der Waals surface area contributed by atoms with E-state index in [1.807, 2.05) is 25.1 Å². The monoisotopic (exact) mass is 260 g/mol. The van der Waals surface area contributed by atoms with E-state index in [2.05, 4.69) is 36.5 Å². The molecule has 0 aliphatic heterocycles. The Bertz CT molecular complexity index is 505. The molecule has 0 saturated carbocycles. The van der Waals surface area contributed by atoms with Crippen molar-refractivity contribution in [1.29, 1.82) is 0 Å². The Kier molecular flexibility index (Phi) is 4.58. The Morgan fingerprint density at radius 1 is 1.32 bits per heavy atom. The van der Waals surface area contributed by atoms with Crippen molar-refractivity contribution in [2.45, 2.75) is 33.4 Å². The number of aryl methyl sites for hydroxylation is 1. The first-order valence-corrected chi connectivity index (χ1v) is 6.57. The molecule has 1 heterocycles. The topological polar surface area (TPSA) is 47.3 Å². The molecule has 1 N–H and O–H groups in total. The molecule has 0 saturated heterocycles. The molecule has 2 aromatic rings. The summed E-state index contributed by atoms with van der Waals surface area (Å²) < 4.78 is 10.6. The van der Waals surface area contributed by atoms with Gasteiger partial charge in [-0.1, -0.05) is 24.2 Å². The molecule has 1 unspecified atom stereocenters. The minimum Gasteiger partial charge on any atom is -0.487 e. The van der Waals surface area contributed by atoms with E-state index in [0.717, 1.165) is 23.7 Å². The fraction of sp³-hybridized carbons (Fsp3) is 0.400. The average Bonchev–Trinajstić information content (AvgIpc) is 2.83. The lowest BCUT2D eigenvalue weighted by Gasteiger charge is -2.13. The highest BCUT2D eigenvalue weighted by Gasteiger charge is 2.04. The maximum absolute atomic E-state index is 5.66. The summed E-state index contributed by atoms with van der Waals surface area (Å²) in [6.45, 7) is 7.52. The molecule has 0 spiro atoms. The van der Waals surface area contributed by atoms with Gasteiger partial charge in [-0.3, -0.25) is 0 Å². The SMILES string of the molecule is CCNC(C)c1ccc(OCc2cc(C)on2)cc1. The van der Waals surface area contributed by atoms with Crippen LogP contribution in [0, 0.1) is 6.92 Å². The molecule has 19 heavy (non-hydrogen) atoms. The molecule has 102 valence electrons. The standard InChI is InChI=1S/C15H20N2O2/c1-4-16-12(3)13-5-7-15(8-6-13)18-10-14-9-11(2)19-17-14/h5-9,12,16H,4,10H2,1-3H3. The first-order valence-electron chi connectivity index (χ1n) is 6.57. The number of hydrogen-bond acceptors (Lipinski definition) is 4. The van der Waals surface area contributed by atoms with Crippen LogP contribution in [0.25, 0.3) is 0 Å². The largest absolute Gasteiger partial charge is 0.487 e. The molecule has 0 fully saturated rings. The summed E-state index contributed by atoms with van der Waals surface area (Å²) in [6.07, 6.45) is 0. The van der Waals surface area contributed by atoms with Crippen LogP contribution in [0.5, 0.6) is 5.75 Å². The number of ether oxygens (including phenoxy) is 1. The lowest BCUT2D eigenvalue weighted by molar-refractivity contribution is 0.287. The number of aromatic nitrogens is 1. The summed E-state index contributed by atoms with van der Waals surface area (Å²) in [7, 11) is 0. The van der Waals surface area contributed by atoms with E-state index in [4.69, 9.17) is 9.26 Å². The lowest BCUT2D eigenvalue weighted by atomic mass is 10.1. The minimum absolute atomic E-state index is 0.359. The van der Waals surface area contributed by atoms with E-state index in [1.165, 1.54) is 5.56 Å². The number of hydrogen-bond donors (Lipinski definition) is 1. The van der Waals surface area contributed by atoms with Gasteiger partial charge in [0.1, 0.15) is 23.8 Å². The Morgan fingerprint density at radius 3 is 2.63 bits per heavy atom. The van der Waals surface area contributed by atoms with Gasteiger partial charge in [0, 0.05) is 12.1 Å². The molecule has 1 aromatic heterocycles. The Labute approximate surface area is 113 Å². The van der Waals surface area contributed by atoms with Crippen molar-refractivity contribution in [1.82, 2.24) is 10.5 Å². The third kappa shape index (κ3) is 3.83. The zero-order valence-corrected chi connectivity index (χ0v) is 11.6. The number of benzene rings is 1. The smallest absolute Gasteiger partial charge is 0.134 e. The number of rotatable bonds is 6. The Balaban J connectivity index is 1.91. The predicted molar refractivity (Wildman–Crippen MR) is 74.1 cm³/mol. The zero-order valence-electron chi connectivity index (χ0n) is 11.6. The number of nitrogens with one attached hydrogen (secondary N) is 1. The second-order valence-corrected chi connectivity index (χ2v) is 4.57. The first-order chi connectivity index (χ1) is 9.19. The van der Waals surface area contributed by atoms with Gasteiger partial charge >= 0.3 is 0 Å².